The molecular weight excluding hydrogens is 201 g/mol. The summed E-state index contributed by atoms with van der Waals surface area (Å²) >= 11 is 0. The van der Waals surface area contributed by atoms with Gasteiger partial charge in [0, 0.05) is 16.7 Å². The molecule has 15 heavy (non-hydrogen) atoms. The summed E-state index contributed by atoms with van der Waals surface area (Å²) in [7, 11) is 0. The maximum atomic E-state index is 13.5. The lowest BCUT2D eigenvalue weighted by Crippen LogP contribution is -1.86. The summed E-state index contributed by atoms with van der Waals surface area (Å²) in [4.78, 5) is 0. The van der Waals surface area contributed by atoms with Crippen molar-refractivity contribution in [2.75, 3.05) is 0 Å². The molecule has 0 atom stereocenters. The Morgan fingerprint density at radius 3 is 2.00 bits per heavy atom. The number of halogens is 3. The van der Waals surface area contributed by atoms with Crippen molar-refractivity contribution in [3.05, 3.63) is 47.8 Å². The fraction of sp³-hybridized carbons (Fsp3) is 0. The van der Waals surface area contributed by atoms with Gasteiger partial charge in [0.25, 0.3) is 0 Å². The minimum atomic E-state index is -0.591. The van der Waals surface area contributed by atoms with Crippen molar-refractivity contribution in [3.8, 4) is 22.3 Å². The second-order valence-corrected chi connectivity index (χ2v) is 3.51. The van der Waals surface area contributed by atoms with Gasteiger partial charge < -0.3 is 0 Å². The molecule has 0 nitrogen and oxygen atoms in total. The van der Waals surface area contributed by atoms with E-state index < -0.39 is 17.5 Å². The van der Waals surface area contributed by atoms with Crippen molar-refractivity contribution < 1.29 is 13.2 Å². The molecule has 2 aliphatic carbocycles. The molecule has 0 saturated carbocycles. The van der Waals surface area contributed by atoms with Crippen LogP contribution >= 0.6 is 0 Å². The van der Waals surface area contributed by atoms with Crippen LogP contribution in [0.25, 0.3) is 22.3 Å². The van der Waals surface area contributed by atoms with Gasteiger partial charge >= 0.3 is 0 Å². The third-order valence-corrected chi connectivity index (χ3v) is 2.62. The largest absolute Gasteiger partial charge is 0.206 e. The highest BCUT2D eigenvalue weighted by Gasteiger charge is 2.20. The van der Waals surface area contributed by atoms with Gasteiger partial charge in [0.1, 0.15) is 17.5 Å². The standard InChI is InChI=1S/C12H5F3/c13-10-2-1-6-3-8(10)9-5-11(14)7(6)4-12(9)15/h1-5H. The molecule has 4 rings (SSSR count). The van der Waals surface area contributed by atoms with E-state index in [1.807, 2.05) is 0 Å². The summed E-state index contributed by atoms with van der Waals surface area (Å²) in [5.74, 6) is -1.65. The van der Waals surface area contributed by atoms with Crippen molar-refractivity contribution >= 4 is 0 Å². The van der Waals surface area contributed by atoms with Crippen LogP contribution in [0.5, 0.6) is 0 Å². The van der Waals surface area contributed by atoms with E-state index >= 15 is 0 Å². The Morgan fingerprint density at radius 1 is 0.600 bits per heavy atom. The van der Waals surface area contributed by atoms with Gasteiger partial charge in [-0.2, -0.15) is 0 Å². The number of hydrogen-bond acceptors (Lipinski definition) is 0. The normalized spacial score (nSPS) is 11.7. The molecular formula is C12H5F3. The molecule has 4 bridgehead atoms. The van der Waals surface area contributed by atoms with Crippen LogP contribution < -0.4 is 0 Å². The van der Waals surface area contributed by atoms with Crippen LogP contribution in [0.2, 0.25) is 0 Å². The molecule has 0 unspecified atom stereocenters. The Morgan fingerprint density at radius 2 is 1.20 bits per heavy atom. The summed E-state index contributed by atoms with van der Waals surface area (Å²) < 4.78 is 40.3. The highest BCUT2D eigenvalue weighted by Crippen LogP contribution is 2.38. The zero-order valence-corrected chi connectivity index (χ0v) is 7.52. The maximum absolute atomic E-state index is 13.5. The molecule has 0 aliphatic heterocycles. The summed E-state index contributed by atoms with van der Waals surface area (Å²) in [5, 5.41) is 0. The van der Waals surface area contributed by atoms with Gasteiger partial charge in [-0.15, -0.1) is 0 Å². The van der Waals surface area contributed by atoms with Gasteiger partial charge in [-0.25, -0.2) is 13.2 Å². The minimum Gasteiger partial charge on any atom is -0.206 e. The molecule has 2 aliphatic rings. The van der Waals surface area contributed by atoms with E-state index in [1.165, 1.54) is 18.2 Å². The number of rotatable bonds is 0. The van der Waals surface area contributed by atoms with E-state index in [9.17, 15) is 13.2 Å². The third kappa shape index (κ3) is 1.03. The first-order valence-corrected chi connectivity index (χ1v) is 4.46. The van der Waals surface area contributed by atoms with E-state index in [0.29, 0.717) is 5.56 Å². The van der Waals surface area contributed by atoms with E-state index in [1.54, 1.807) is 0 Å². The fourth-order valence-corrected chi connectivity index (χ4v) is 1.87. The second-order valence-electron chi connectivity index (χ2n) is 3.51. The molecule has 0 fully saturated rings. The van der Waals surface area contributed by atoms with E-state index in [0.717, 1.165) is 12.1 Å². The Bertz CT molecular complexity index is 573. The number of hydrogen-bond donors (Lipinski definition) is 0. The smallest absolute Gasteiger partial charge is 0.131 e. The lowest BCUT2D eigenvalue weighted by atomic mass is 10.1. The molecule has 3 heteroatoms. The highest BCUT2D eigenvalue weighted by molar-refractivity contribution is 5.80. The van der Waals surface area contributed by atoms with Crippen LogP contribution in [0.1, 0.15) is 0 Å². The molecule has 0 radical (unpaired) electrons. The van der Waals surface area contributed by atoms with Gasteiger partial charge in [-0.05, 0) is 29.8 Å². The monoisotopic (exact) mass is 206 g/mol. The van der Waals surface area contributed by atoms with Crippen molar-refractivity contribution in [2.24, 2.45) is 0 Å². The minimum absolute atomic E-state index is 0.0203. The van der Waals surface area contributed by atoms with E-state index in [4.69, 9.17) is 0 Å². The molecule has 0 amide bonds. The predicted molar refractivity (Wildman–Crippen MR) is 50.7 cm³/mol. The lowest BCUT2D eigenvalue weighted by molar-refractivity contribution is 0.603. The quantitative estimate of drug-likeness (QED) is 0.525. The summed E-state index contributed by atoms with van der Waals surface area (Å²) in [6, 6.07) is 6.28. The Balaban J connectivity index is 2.53. The second kappa shape index (κ2) is 2.63. The molecule has 0 heterocycles. The first kappa shape index (κ1) is 8.53. The van der Waals surface area contributed by atoms with Crippen LogP contribution in [-0.2, 0) is 0 Å². The first-order valence-electron chi connectivity index (χ1n) is 4.46. The molecule has 2 aromatic carbocycles. The maximum Gasteiger partial charge on any atom is 0.131 e. The topological polar surface area (TPSA) is 0 Å². The van der Waals surface area contributed by atoms with Gasteiger partial charge in [0.2, 0.25) is 0 Å². The SMILES string of the molecule is Fc1cc2c(F)cc1-c1ccc(F)c-2c1. The lowest BCUT2D eigenvalue weighted by Gasteiger charge is -2.01. The van der Waals surface area contributed by atoms with Crippen LogP contribution in [-0.4, -0.2) is 0 Å². The molecule has 0 N–H and O–H groups in total. The van der Waals surface area contributed by atoms with Crippen LogP contribution in [0, 0.1) is 17.5 Å². The summed E-state index contributed by atoms with van der Waals surface area (Å²) in [5.41, 5.74) is 0.773. The van der Waals surface area contributed by atoms with E-state index in [2.05, 4.69) is 0 Å². The molecule has 0 spiro atoms. The first-order chi connectivity index (χ1) is 7.16. The number of benzene rings is 2. The Kier molecular flexibility index (Phi) is 1.49. The van der Waals surface area contributed by atoms with Gasteiger partial charge in [-0.1, -0.05) is 6.07 Å². The average Bonchev–Trinajstić information content (AvgIpc) is 2.39. The summed E-state index contributed by atoms with van der Waals surface area (Å²) in [6.07, 6.45) is 0. The summed E-state index contributed by atoms with van der Waals surface area (Å²) in [6.45, 7) is 0. The van der Waals surface area contributed by atoms with Gasteiger partial charge in [0.15, 0.2) is 0 Å². The van der Waals surface area contributed by atoms with Crippen molar-refractivity contribution in [2.45, 2.75) is 0 Å². The van der Waals surface area contributed by atoms with Crippen LogP contribution in [0.3, 0.4) is 0 Å². The molecule has 74 valence electrons. The molecule has 0 saturated heterocycles. The third-order valence-electron chi connectivity index (χ3n) is 2.62. The Labute approximate surface area is 84.0 Å². The van der Waals surface area contributed by atoms with Crippen LogP contribution in [0.4, 0.5) is 13.2 Å². The van der Waals surface area contributed by atoms with E-state index in [-0.39, 0.29) is 16.7 Å². The zero-order valence-electron chi connectivity index (χ0n) is 7.52. The fourth-order valence-electron chi connectivity index (χ4n) is 1.87. The molecule has 0 aromatic heterocycles. The van der Waals surface area contributed by atoms with Gasteiger partial charge in [-0.3, -0.25) is 0 Å². The van der Waals surface area contributed by atoms with Crippen molar-refractivity contribution in [3.63, 3.8) is 0 Å². The van der Waals surface area contributed by atoms with Crippen molar-refractivity contribution in [1.82, 2.24) is 0 Å². The average molecular weight is 206 g/mol. The highest BCUT2D eigenvalue weighted by atomic mass is 19.1. The number of fused-ring (bicyclic) bond motifs is 2. The molecule has 2 aromatic rings. The zero-order chi connectivity index (χ0) is 10.6. The van der Waals surface area contributed by atoms with Crippen LogP contribution in [0.15, 0.2) is 30.3 Å². The van der Waals surface area contributed by atoms with Crippen molar-refractivity contribution in [1.29, 1.82) is 0 Å². The Hall–Kier alpha value is -1.77. The van der Waals surface area contributed by atoms with Gasteiger partial charge in [0.05, 0.1) is 0 Å². The predicted octanol–water partition coefficient (Wildman–Crippen LogP) is 3.75.